The van der Waals surface area contributed by atoms with Gasteiger partial charge in [0.05, 0.1) is 31.7 Å². The van der Waals surface area contributed by atoms with Gasteiger partial charge in [0.1, 0.15) is 11.8 Å². The molecule has 0 aliphatic carbocycles. The van der Waals surface area contributed by atoms with Crippen molar-refractivity contribution >= 4 is 29.4 Å². The third-order valence-corrected chi connectivity index (χ3v) is 6.07. The molecule has 1 aromatic rings. The summed E-state index contributed by atoms with van der Waals surface area (Å²) in [5, 5.41) is 5.15. The standard InChI is InChI=1S/C27H42N4O7/c1-6-9-21(25(34)26(28)35)30-27(36)22(10-7-2)31(4)24(33)17-29-23(32)16-19-11-8-12-20(15-19)38-14-13-18(3)37-5/h8,11-12,15,18,21-22H,6-7,9-10,13-14,16-17H2,1-5H3,(H2,28,35)(H,29,32)(H,30,36). The first-order chi connectivity index (χ1) is 18.0. The summed E-state index contributed by atoms with van der Waals surface area (Å²) in [5.74, 6) is -2.75. The summed E-state index contributed by atoms with van der Waals surface area (Å²) in [6, 6.07) is 5.24. The van der Waals surface area contributed by atoms with Crippen molar-refractivity contribution in [2.45, 2.75) is 77.5 Å². The number of carbonyl (C=O) groups excluding carboxylic acids is 5. The van der Waals surface area contributed by atoms with E-state index in [0.717, 1.165) is 12.0 Å². The van der Waals surface area contributed by atoms with E-state index in [1.54, 1.807) is 31.4 Å². The van der Waals surface area contributed by atoms with Crippen LogP contribution < -0.4 is 21.1 Å². The Kier molecular flexibility index (Phi) is 14.7. The van der Waals surface area contributed by atoms with Gasteiger partial charge in [0.2, 0.25) is 23.5 Å². The third kappa shape index (κ3) is 11.3. The number of rotatable bonds is 18. The molecule has 3 unspecified atom stereocenters. The fourth-order valence-electron chi connectivity index (χ4n) is 3.70. The number of ether oxygens (including phenoxy) is 2. The molecule has 1 rings (SSSR count). The molecule has 0 bridgehead atoms. The molecule has 4 N–H and O–H groups in total. The predicted molar refractivity (Wildman–Crippen MR) is 142 cm³/mol. The van der Waals surface area contributed by atoms with Crippen molar-refractivity contribution in [3.05, 3.63) is 29.8 Å². The zero-order chi connectivity index (χ0) is 28.7. The highest BCUT2D eigenvalue weighted by molar-refractivity contribution is 6.37. The number of likely N-dealkylation sites (N-methyl/N-ethyl adjacent to an activating group) is 1. The summed E-state index contributed by atoms with van der Waals surface area (Å²) in [6.07, 6.45) is 2.58. The van der Waals surface area contributed by atoms with E-state index in [1.807, 2.05) is 20.8 Å². The average molecular weight is 535 g/mol. The minimum atomic E-state index is -1.12. The first-order valence-electron chi connectivity index (χ1n) is 12.9. The van der Waals surface area contributed by atoms with Crippen molar-refractivity contribution in [3.8, 4) is 5.75 Å². The molecular weight excluding hydrogens is 492 g/mol. The van der Waals surface area contributed by atoms with Gasteiger partial charge in [-0.2, -0.15) is 0 Å². The lowest BCUT2D eigenvalue weighted by Gasteiger charge is -2.28. The molecule has 4 amide bonds. The maximum absolute atomic E-state index is 12.9. The molecule has 38 heavy (non-hydrogen) atoms. The maximum Gasteiger partial charge on any atom is 0.287 e. The van der Waals surface area contributed by atoms with E-state index in [4.69, 9.17) is 15.2 Å². The highest BCUT2D eigenvalue weighted by Gasteiger charge is 2.31. The predicted octanol–water partition coefficient (Wildman–Crippen LogP) is 1.12. The zero-order valence-electron chi connectivity index (χ0n) is 23.1. The Morgan fingerprint density at radius 2 is 1.74 bits per heavy atom. The second-order valence-electron chi connectivity index (χ2n) is 9.17. The fraction of sp³-hybridized carbons (Fsp3) is 0.593. The lowest BCUT2D eigenvalue weighted by Crippen LogP contribution is -2.54. The molecule has 11 nitrogen and oxygen atoms in total. The van der Waals surface area contributed by atoms with Gasteiger partial charge in [-0.1, -0.05) is 38.8 Å². The minimum absolute atomic E-state index is 0.0511. The topological polar surface area (TPSA) is 157 Å². The van der Waals surface area contributed by atoms with Crippen LogP contribution in [0.4, 0.5) is 0 Å². The average Bonchev–Trinajstić information content (AvgIpc) is 2.89. The summed E-state index contributed by atoms with van der Waals surface area (Å²) >= 11 is 0. The zero-order valence-corrected chi connectivity index (χ0v) is 23.1. The van der Waals surface area contributed by atoms with Crippen molar-refractivity contribution in [2.24, 2.45) is 5.73 Å². The number of nitrogens with zero attached hydrogens (tertiary/aromatic N) is 1. The van der Waals surface area contributed by atoms with E-state index in [-0.39, 0.29) is 31.4 Å². The van der Waals surface area contributed by atoms with Crippen molar-refractivity contribution in [1.29, 1.82) is 0 Å². The number of nitrogens with one attached hydrogen (secondary N) is 2. The largest absolute Gasteiger partial charge is 0.493 e. The molecule has 0 aliphatic rings. The van der Waals surface area contributed by atoms with Crippen LogP contribution in [-0.4, -0.2) is 79.8 Å². The second kappa shape index (κ2) is 17.1. The quantitative estimate of drug-likeness (QED) is 0.238. The summed E-state index contributed by atoms with van der Waals surface area (Å²) in [7, 11) is 3.10. The minimum Gasteiger partial charge on any atom is -0.493 e. The number of ketones is 1. The Bertz CT molecular complexity index is 953. The normalized spacial score (nSPS) is 13.1. The van der Waals surface area contributed by atoms with Gasteiger partial charge in [0.15, 0.2) is 0 Å². The molecule has 1 aromatic carbocycles. The summed E-state index contributed by atoms with van der Waals surface area (Å²) in [4.78, 5) is 62.8. The van der Waals surface area contributed by atoms with Gasteiger partial charge in [0.25, 0.3) is 5.91 Å². The van der Waals surface area contributed by atoms with E-state index in [9.17, 15) is 24.0 Å². The molecular formula is C27H42N4O7. The lowest BCUT2D eigenvalue weighted by atomic mass is 10.0. The molecule has 0 fully saturated rings. The number of primary amides is 1. The molecule has 0 saturated heterocycles. The van der Waals surface area contributed by atoms with Gasteiger partial charge in [-0.05, 0) is 37.5 Å². The van der Waals surface area contributed by atoms with Crippen molar-refractivity contribution in [1.82, 2.24) is 15.5 Å². The van der Waals surface area contributed by atoms with Gasteiger partial charge in [0, 0.05) is 20.6 Å². The summed E-state index contributed by atoms with van der Waals surface area (Å²) in [5.41, 5.74) is 5.83. The molecule has 0 heterocycles. The van der Waals surface area contributed by atoms with Crippen LogP contribution in [0.25, 0.3) is 0 Å². The first-order valence-corrected chi connectivity index (χ1v) is 12.9. The number of nitrogens with two attached hydrogens (primary N) is 1. The molecule has 11 heteroatoms. The molecule has 0 spiro atoms. The number of carbonyl (C=O) groups is 5. The summed E-state index contributed by atoms with van der Waals surface area (Å²) < 4.78 is 10.9. The lowest BCUT2D eigenvalue weighted by molar-refractivity contribution is -0.142. The third-order valence-electron chi connectivity index (χ3n) is 6.07. The number of Topliss-reactive ketones (excluding diaryl/α,β-unsaturated/α-hetero) is 1. The van der Waals surface area contributed by atoms with Crippen molar-refractivity contribution < 1.29 is 33.4 Å². The number of hydrogen-bond acceptors (Lipinski definition) is 7. The molecule has 0 aromatic heterocycles. The Labute approximate surface area is 224 Å². The molecule has 0 saturated carbocycles. The Morgan fingerprint density at radius 1 is 1.05 bits per heavy atom. The monoisotopic (exact) mass is 534 g/mol. The smallest absolute Gasteiger partial charge is 0.287 e. The van der Waals surface area contributed by atoms with Gasteiger partial charge in [-0.15, -0.1) is 0 Å². The van der Waals surface area contributed by atoms with Crippen LogP contribution in [0.15, 0.2) is 24.3 Å². The molecule has 3 atom stereocenters. The fourth-order valence-corrected chi connectivity index (χ4v) is 3.70. The molecule has 212 valence electrons. The molecule has 0 aliphatic heterocycles. The van der Waals surface area contributed by atoms with E-state index in [1.165, 1.54) is 11.9 Å². The van der Waals surface area contributed by atoms with Gasteiger partial charge >= 0.3 is 0 Å². The summed E-state index contributed by atoms with van der Waals surface area (Å²) in [6.45, 7) is 5.80. The number of hydrogen-bond donors (Lipinski definition) is 3. The van der Waals surface area contributed by atoms with Crippen LogP contribution >= 0.6 is 0 Å². The number of methoxy groups -OCH3 is 1. The van der Waals surface area contributed by atoms with E-state index >= 15 is 0 Å². The SMILES string of the molecule is CCCC(NC(=O)C(CCC)N(C)C(=O)CNC(=O)Cc1cccc(OCCC(C)OC)c1)C(=O)C(N)=O. The van der Waals surface area contributed by atoms with Gasteiger partial charge in [-0.3, -0.25) is 24.0 Å². The van der Waals surface area contributed by atoms with Gasteiger partial charge in [-0.25, -0.2) is 0 Å². The maximum atomic E-state index is 12.9. The Morgan fingerprint density at radius 3 is 2.34 bits per heavy atom. The Hall–Kier alpha value is -3.47. The highest BCUT2D eigenvalue weighted by Crippen LogP contribution is 2.15. The van der Waals surface area contributed by atoms with Crippen LogP contribution in [0, 0.1) is 0 Å². The second-order valence-corrected chi connectivity index (χ2v) is 9.17. The number of amides is 4. The Balaban J connectivity index is 2.69. The van der Waals surface area contributed by atoms with Gasteiger partial charge < -0.3 is 30.7 Å². The highest BCUT2D eigenvalue weighted by atomic mass is 16.5. The molecule has 0 radical (unpaired) electrons. The van der Waals surface area contributed by atoms with E-state index in [2.05, 4.69) is 10.6 Å². The van der Waals surface area contributed by atoms with E-state index < -0.39 is 35.6 Å². The van der Waals surface area contributed by atoms with Crippen LogP contribution in [0.1, 0.15) is 58.4 Å². The van der Waals surface area contributed by atoms with Crippen molar-refractivity contribution in [2.75, 3.05) is 27.3 Å². The van der Waals surface area contributed by atoms with Crippen molar-refractivity contribution in [3.63, 3.8) is 0 Å². The van der Waals surface area contributed by atoms with Crippen LogP contribution in [0.3, 0.4) is 0 Å². The van der Waals surface area contributed by atoms with Crippen LogP contribution in [-0.2, 0) is 35.1 Å². The van der Waals surface area contributed by atoms with Crippen LogP contribution in [0.5, 0.6) is 5.75 Å². The first kappa shape index (κ1) is 32.6. The number of benzene rings is 1. The van der Waals surface area contributed by atoms with Crippen LogP contribution in [0.2, 0.25) is 0 Å². The van der Waals surface area contributed by atoms with E-state index in [0.29, 0.717) is 31.6 Å².